The van der Waals surface area contributed by atoms with Crippen molar-refractivity contribution in [1.29, 1.82) is 0 Å². The predicted molar refractivity (Wildman–Crippen MR) is 87.7 cm³/mol. The van der Waals surface area contributed by atoms with Crippen LogP contribution in [0.3, 0.4) is 0 Å². The van der Waals surface area contributed by atoms with Gasteiger partial charge >= 0.3 is 0 Å². The molecule has 0 amide bonds. The summed E-state index contributed by atoms with van der Waals surface area (Å²) in [7, 11) is 0. The van der Waals surface area contributed by atoms with E-state index in [-0.39, 0.29) is 5.41 Å². The lowest BCUT2D eigenvalue weighted by atomic mass is 9.88. The lowest BCUT2D eigenvalue weighted by Gasteiger charge is -2.19. The molecule has 118 valence electrons. The molecule has 0 radical (unpaired) electrons. The first kappa shape index (κ1) is 16.4. The minimum Gasteiger partial charge on any atom is -0.330 e. The van der Waals surface area contributed by atoms with Gasteiger partial charge in [0, 0.05) is 11.8 Å². The number of nitrogens with two attached hydrogens (primary N) is 1. The zero-order valence-corrected chi connectivity index (χ0v) is 14.6. The highest BCUT2D eigenvalue weighted by molar-refractivity contribution is 7.16. The maximum atomic E-state index is 5.71. The van der Waals surface area contributed by atoms with Gasteiger partial charge in [-0.05, 0) is 31.2 Å². The van der Waals surface area contributed by atoms with E-state index in [1.54, 1.807) is 11.3 Å². The zero-order valence-electron chi connectivity index (χ0n) is 13.8. The van der Waals surface area contributed by atoms with Crippen molar-refractivity contribution in [3.63, 3.8) is 0 Å². The van der Waals surface area contributed by atoms with E-state index in [4.69, 9.17) is 10.8 Å². The van der Waals surface area contributed by atoms with E-state index in [1.165, 1.54) is 0 Å². The molecule has 0 saturated heterocycles. The number of rotatable bonds is 6. The molecule has 0 fully saturated rings. The van der Waals surface area contributed by atoms with Gasteiger partial charge in [0.15, 0.2) is 5.82 Å². The lowest BCUT2D eigenvalue weighted by molar-refractivity contribution is 0.341. The maximum Gasteiger partial charge on any atom is 0.234 e. The van der Waals surface area contributed by atoms with Gasteiger partial charge in [-0.15, -0.1) is 10.2 Å². The van der Waals surface area contributed by atoms with Crippen molar-refractivity contribution < 1.29 is 0 Å². The second kappa shape index (κ2) is 6.40. The van der Waals surface area contributed by atoms with Crippen molar-refractivity contribution in [3.05, 3.63) is 10.8 Å². The molecule has 21 heavy (non-hydrogen) atoms. The number of hydrogen-bond acceptors (Lipinski definition) is 5. The summed E-state index contributed by atoms with van der Waals surface area (Å²) in [6.07, 6.45) is 3.24. The monoisotopic (exact) mass is 309 g/mol. The van der Waals surface area contributed by atoms with Crippen LogP contribution >= 0.6 is 11.3 Å². The van der Waals surface area contributed by atoms with Crippen molar-refractivity contribution >= 4 is 16.3 Å². The molecule has 0 aliphatic rings. The Morgan fingerprint density at radius 2 is 1.90 bits per heavy atom. The Morgan fingerprint density at radius 1 is 1.19 bits per heavy atom. The van der Waals surface area contributed by atoms with E-state index >= 15 is 0 Å². The molecular formula is C15H27N5S. The third-order valence-corrected chi connectivity index (χ3v) is 4.87. The standard InChI is InChI=1S/C15H27N5S/c1-10(2)11(8-9-16)6-7-12-19-20-13(15(3,4)5)17-18-14(20)21-12/h10-11H,6-9,16H2,1-5H3. The summed E-state index contributed by atoms with van der Waals surface area (Å²) in [5.41, 5.74) is 5.68. The van der Waals surface area contributed by atoms with Crippen molar-refractivity contribution in [2.45, 2.75) is 59.3 Å². The quantitative estimate of drug-likeness (QED) is 0.890. The number of fused-ring (bicyclic) bond motifs is 1. The largest absolute Gasteiger partial charge is 0.330 e. The lowest BCUT2D eigenvalue weighted by Crippen LogP contribution is -2.17. The Hall–Kier alpha value is -1.01. The maximum absolute atomic E-state index is 5.71. The third-order valence-electron chi connectivity index (χ3n) is 3.91. The molecule has 0 aromatic carbocycles. The molecule has 0 saturated carbocycles. The van der Waals surface area contributed by atoms with Gasteiger partial charge in [0.1, 0.15) is 5.01 Å². The highest BCUT2D eigenvalue weighted by Crippen LogP contribution is 2.26. The molecule has 0 bridgehead atoms. The first-order chi connectivity index (χ1) is 9.82. The van der Waals surface area contributed by atoms with Crippen molar-refractivity contribution in [2.24, 2.45) is 17.6 Å². The molecule has 2 aromatic heterocycles. The van der Waals surface area contributed by atoms with E-state index in [0.717, 1.165) is 41.6 Å². The second-order valence-corrected chi connectivity index (χ2v) is 8.12. The molecule has 2 N–H and O–H groups in total. The summed E-state index contributed by atoms with van der Waals surface area (Å²) < 4.78 is 1.91. The molecule has 0 spiro atoms. The highest BCUT2D eigenvalue weighted by Gasteiger charge is 2.23. The summed E-state index contributed by atoms with van der Waals surface area (Å²) in [5, 5.41) is 14.4. The van der Waals surface area contributed by atoms with Gasteiger partial charge in [-0.1, -0.05) is 46.0 Å². The summed E-state index contributed by atoms with van der Waals surface area (Å²) in [4.78, 5) is 0.898. The van der Waals surface area contributed by atoms with E-state index in [0.29, 0.717) is 11.8 Å². The minimum absolute atomic E-state index is 0.0369. The summed E-state index contributed by atoms with van der Waals surface area (Å²) in [5.74, 6) is 2.28. The first-order valence-corrected chi connectivity index (χ1v) is 8.56. The second-order valence-electron chi connectivity index (χ2n) is 7.08. The molecule has 0 aliphatic heterocycles. The van der Waals surface area contributed by atoms with Crippen molar-refractivity contribution in [2.75, 3.05) is 6.54 Å². The third kappa shape index (κ3) is 3.80. The van der Waals surface area contributed by atoms with Crippen LogP contribution in [0.2, 0.25) is 0 Å². The molecule has 0 aliphatic carbocycles. The zero-order chi connectivity index (χ0) is 15.6. The average molecular weight is 309 g/mol. The first-order valence-electron chi connectivity index (χ1n) is 7.74. The smallest absolute Gasteiger partial charge is 0.234 e. The van der Waals surface area contributed by atoms with Gasteiger partial charge in [0.25, 0.3) is 0 Å². The van der Waals surface area contributed by atoms with E-state index in [9.17, 15) is 0 Å². The summed E-state index contributed by atoms with van der Waals surface area (Å²) >= 11 is 1.65. The molecule has 2 rings (SSSR count). The van der Waals surface area contributed by atoms with E-state index < -0.39 is 0 Å². The Morgan fingerprint density at radius 3 is 2.48 bits per heavy atom. The Labute approximate surface area is 131 Å². The summed E-state index contributed by atoms with van der Waals surface area (Å²) in [6.45, 7) is 11.7. The topological polar surface area (TPSA) is 69.1 Å². The van der Waals surface area contributed by atoms with Crippen LogP contribution in [-0.4, -0.2) is 26.4 Å². The number of hydrogen-bond donors (Lipinski definition) is 1. The highest BCUT2D eigenvalue weighted by atomic mass is 32.1. The van der Waals surface area contributed by atoms with Crippen LogP contribution < -0.4 is 5.73 Å². The molecule has 1 unspecified atom stereocenters. The predicted octanol–water partition coefficient (Wildman–Crippen LogP) is 3.04. The van der Waals surface area contributed by atoms with Crippen LogP contribution in [0, 0.1) is 11.8 Å². The molecule has 6 heteroatoms. The van der Waals surface area contributed by atoms with Crippen LogP contribution in [0.4, 0.5) is 0 Å². The fourth-order valence-corrected chi connectivity index (χ4v) is 3.41. The fraction of sp³-hybridized carbons (Fsp3) is 0.800. The number of aromatic nitrogens is 4. The van der Waals surface area contributed by atoms with Crippen LogP contribution in [0.5, 0.6) is 0 Å². The number of nitrogens with zero attached hydrogens (tertiary/aromatic N) is 4. The molecule has 2 aromatic rings. The minimum atomic E-state index is -0.0369. The van der Waals surface area contributed by atoms with Crippen LogP contribution in [-0.2, 0) is 11.8 Å². The Balaban J connectivity index is 2.11. The van der Waals surface area contributed by atoms with Gasteiger partial charge in [-0.3, -0.25) is 0 Å². The Kier molecular flexibility index (Phi) is 4.99. The molecule has 5 nitrogen and oxygen atoms in total. The van der Waals surface area contributed by atoms with Gasteiger partial charge in [0.2, 0.25) is 4.96 Å². The van der Waals surface area contributed by atoms with Crippen LogP contribution in [0.1, 0.15) is 58.3 Å². The molecule has 1 atom stereocenters. The average Bonchev–Trinajstić information content (AvgIpc) is 2.91. The van der Waals surface area contributed by atoms with Crippen molar-refractivity contribution in [1.82, 2.24) is 19.8 Å². The van der Waals surface area contributed by atoms with E-state index in [1.807, 2.05) is 4.52 Å². The molecular weight excluding hydrogens is 282 g/mol. The molecule has 2 heterocycles. The number of aryl methyl sites for hydroxylation is 1. The van der Waals surface area contributed by atoms with Gasteiger partial charge in [-0.2, -0.15) is 9.61 Å². The van der Waals surface area contributed by atoms with Gasteiger partial charge < -0.3 is 5.73 Å². The van der Waals surface area contributed by atoms with Crippen molar-refractivity contribution in [3.8, 4) is 0 Å². The normalized spacial score (nSPS) is 14.2. The van der Waals surface area contributed by atoms with Gasteiger partial charge in [-0.25, -0.2) is 0 Å². The van der Waals surface area contributed by atoms with E-state index in [2.05, 4.69) is 44.8 Å². The SMILES string of the molecule is CC(C)C(CCN)CCc1nn2c(C(C)(C)C)nnc2s1. The van der Waals surface area contributed by atoms with Crippen LogP contribution in [0.15, 0.2) is 0 Å². The summed E-state index contributed by atoms with van der Waals surface area (Å²) in [6, 6.07) is 0. The van der Waals surface area contributed by atoms with Gasteiger partial charge in [0.05, 0.1) is 0 Å². The Bertz CT molecular complexity index is 578. The van der Waals surface area contributed by atoms with Crippen LogP contribution in [0.25, 0.3) is 4.96 Å². The fourth-order valence-electron chi connectivity index (χ4n) is 2.56.